The van der Waals surface area contributed by atoms with Gasteiger partial charge in [-0.15, -0.1) is 11.8 Å². The maximum Gasteiger partial charge on any atom is 0.236 e. The molecular weight excluding hydrogens is 238 g/mol. The molecule has 0 aliphatic rings. The molecule has 92 valence electrons. The Kier molecular flexibility index (Phi) is 6.35. The van der Waals surface area contributed by atoms with Crippen LogP contribution >= 0.6 is 11.8 Å². The summed E-state index contributed by atoms with van der Waals surface area (Å²) in [5, 5.41) is 10.8. The number of hydrogen-bond donors (Lipinski definition) is 2. The Labute approximate surface area is 104 Å². The molecule has 0 atom stereocenters. The summed E-state index contributed by atoms with van der Waals surface area (Å²) in [5.74, 6) is 0.0802. The average Bonchev–Trinajstić information content (AvgIpc) is 2.30. The summed E-state index contributed by atoms with van der Waals surface area (Å²) in [6.07, 6.45) is 0.206. The van der Waals surface area contributed by atoms with E-state index < -0.39 is 0 Å². The molecule has 1 aromatic rings. The number of benzene rings is 1. The van der Waals surface area contributed by atoms with Gasteiger partial charge < -0.3 is 5.11 Å². The minimum atomic E-state index is -0.315. The van der Waals surface area contributed by atoms with Crippen LogP contribution in [0.25, 0.3) is 0 Å². The predicted octanol–water partition coefficient (Wildman–Crippen LogP) is 0.597. The monoisotopic (exact) mass is 253 g/mol. The highest BCUT2D eigenvalue weighted by atomic mass is 32.2. The van der Waals surface area contributed by atoms with Gasteiger partial charge in [-0.05, 0) is 5.56 Å². The first kappa shape index (κ1) is 13.7. The van der Waals surface area contributed by atoms with Crippen molar-refractivity contribution in [3.63, 3.8) is 0 Å². The molecule has 0 bridgehead atoms. The average molecular weight is 253 g/mol. The standard InChI is InChI=1S/C12H15NO3S/c14-6-7-17-9-12(16)13-11(15)8-10-4-2-1-3-5-10/h1-5,14H,6-9H2,(H,13,15,16). The third-order valence-electron chi connectivity index (χ3n) is 1.96. The molecule has 0 aliphatic heterocycles. The lowest BCUT2D eigenvalue weighted by molar-refractivity contribution is -0.128. The molecule has 2 amide bonds. The Morgan fingerprint density at radius 3 is 2.53 bits per heavy atom. The number of amides is 2. The normalized spacial score (nSPS) is 9.94. The second-order valence-electron chi connectivity index (χ2n) is 3.41. The van der Waals surface area contributed by atoms with Crippen molar-refractivity contribution in [3.05, 3.63) is 35.9 Å². The smallest absolute Gasteiger partial charge is 0.236 e. The van der Waals surface area contributed by atoms with Crippen molar-refractivity contribution < 1.29 is 14.7 Å². The number of carbonyl (C=O) groups is 2. The SMILES string of the molecule is O=C(CSCCO)NC(=O)Cc1ccccc1. The first-order valence-corrected chi connectivity index (χ1v) is 6.43. The van der Waals surface area contributed by atoms with E-state index in [2.05, 4.69) is 5.32 Å². The highest BCUT2D eigenvalue weighted by Crippen LogP contribution is 2.00. The van der Waals surface area contributed by atoms with E-state index in [0.29, 0.717) is 5.75 Å². The van der Waals surface area contributed by atoms with Crippen molar-refractivity contribution in [2.75, 3.05) is 18.1 Å². The molecule has 0 unspecified atom stereocenters. The summed E-state index contributed by atoms with van der Waals surface area (Å²) in [5.41, 5.74) is 0.876. The molecule has 5 heteroatoms. The van der Waals surface area contributed by atoms with Crippen LogP contribution in [-0.2, 0) is 16.0 Å². The van der Waals surface area contributed by atoms with E-state index in [0.717, 1.165) is 5.56 Å². The number of imide groups is 1. The fourth-order valence-corrected chi connectivity index (χ4v) is 1.78. The van der Waals surface area contributed by atoms with Crippen LogP contribution in [0, 0.1) is 0 Å². The number of nitrogens with one attached hydrogen (secondary N) is 1. The molecule has 0 saturated heterocycles. The van der Waals surface area contributed by atoms with Crippen LogP contribution in [0.15, 0.2) is 30.3 Å². The van der Waals surface area contributed by atoms with Crippen molar-refractivity contribution in [2.24, 2.45) is 0 Å². The first-order chi connectivity index (χ1) is 8.22. The van der Waals surface area contributed by atoms with Crippen LogP contribution < -0.4 is 5.32 Å². The number of hydrogen-bond acceptors (Lipinski definition) is 4. The summed E-state index contributed by atoms with van der Waals surface area (Å²) in [7, 11) is 0. The highest BCUT2D eigenvalue weighted by molar-refractivity contribution is 7.99. The minimum Gasteiger partial charge on any atom is -0.396 e. The van der Waals surface area contributed by atoms with E-state index in [1.807, 2.05) is 30.3 Å². The number of thioether (sulfide) groups is 1. The lowest BCUT2D eigenvalue weighted by Crippen LogP contribution is -2.33. The van der Waals surface area contributed by atoms with Crippen molar-refractivity contribution in [1.29, 1.82) is 0 Å². The van der Waals surface area contributed by atoms with E-state index in [1.165, 1.54) is 11.8 Å². The van der Waals surface area contributed by atoms with Gasteiger partial charge in [0.25, 0.3) is 0 Å². The lowest BCUT2D eigenvalue weighted by atomic mass is 10.1. The predicted molar refractivity (Wildman–Crippen MR) is 67.7 cm³/mol. The number of carbonyl (C=O) groups excluding carboxylic acids is 2. The largest absolute Gasteiger partial charge is 0.396 e. The van der Waals surface area contributed by atoms with E-state index >= 15 is 0 Å². The Hall–Kier alpha value is -1.33. The molecular formula is C12H15NO3S. The Balaban J connectivity index is 2.27. The van der Waals surface area contributed by atoms with Crippen molar-refractivity contribution in [2.45, 2.75) is 6.42 Å². The quantitative estimate of drug-likeness (QED) is 0.729. The van der Waals surface area contributed by atoms with Gasteiger partial charge in [-0.2, -0.15) is 0 Å². The molecule has 1 rings (SSSR count). The zero-order valence-corrected chi connectivity index (χ0v) is 10.2. The Morgan fingerprint density at radius 1 is 1.18 bits per heavy atom. The molecule has 0 spiro atoms. The molecule has 0 radical (unpaired) electrons. The van der Waals surface area contributed by atoms with Crippen molar-refractivity contribution in [3.8, 4) is 0 Å². The summed E-state index contributed by atoms with van der Waals surface area (Å²) >= 11 is 1.30. The van der Waals surface area contributed by atoms with Gasteiger partial charge in [0.05, 0.1) is 18.8 Å². The summed E-state index contributed by atoms with van der Waals surface area (Å²) in [6, 6.07) is 9.25. The van der Waals surface area contributed by atoms with E-state index in [1.54, 1.807) is 0 Å². The second kappa shape index (κ2) is 7.86. The lowest BCUT2D eigenvalue weighted by Gasteiger charge is -2.03. The van der Waals surface area contributed by atoms with E-state index in [4.69, 9.17) is 5.11 Å². The molecule has 0 fully saturated rings. The van der Waals surface area contributed by atoms with Crippen LogP contribution in [0.1, 0.15) is 5.56 Å². The summed E-state index contributed by atoms with van der Waals surface area (Å²) < 4.78 is 0. The molecule has 0 heterocycles. The molecule has 0 aromatic heterocycles. The van der Waals surface area contributed by atoms with E-state index in [-0.39, 0.29) is 30.6 Å². The Bertz CT molecular complexity index is 367. The zero-order chi connectivity index (χ0) is 12.5. The van der Waals surface area contributed by atoms with Gasteiger partial charge >= 0.3 is 0 Å². The second-order valence-corrected chi connectivity index (χ2v) is 4.52. The Morgan fingerprint density at radius 2 is 1.88 bits per heavy atom. The van der Waals surface area contributed by atoms with Crippen LogP contribution in [0.5, 0.6) is 0 Å². The van der Waals surface area contributed by atoms with Gasteiger partial charge in [0, 0.05) is 5.75 Å². The van der Waals surface area contributed by atoms with Gasteiger partial charge in [-0.3, -0.25) is 14.9 Å². The molecule has 4 nitrogen and oxygen atoms in total. The maximum atomic E-state index is 11.5. The molecule has 0 aliphatic carbocycles. The van der Waals surface area contributed by atoms with Gasteiger partial charge in [0.1, 0.15) is 0 Å². The van der Waals surface area contributed by atoms with Crippen LogP contribution in [-0.4, -0.2) is 35.0 Å². The fraction of sp³-hybridized carbons (Fsp3) is 0.333. The van der Waals surface area contributed by atoms with Gasteiger partial charge in [0.15, 0.2) is 0 Å². The number of aliphatic hydroxyl groups excluding tert-OH is 1. The van der Waals surface area contributed by atoms with Gasteiger partial charge in [-0.1, -0.05) is 30.3 Å². The van der Waals surface area contributed by atoms with Crippen LogP contribution in [0.3, 0.4) is 0 Å². The van der Waals surface area contributed by atoms with Gasteiger partial charge in [0.2, 0.25) is 11.8 Å². The van der Waals surface area contributed by atoms with Crippen molar-refractivity contribution >= 4 is 23.6 Å². The van der Waals surface area contributed by atoms with Gasteiger partial charge in [-0.25, -0.2) is 0 Å². The summed E-state index contributed by atoms with van der Waals surface area (Å²) in [6.45, 7) is 0.0376. The fourth-order valence-electron chi connectivity index (χ4n) is 1.25. The number of rotatable bonds is 6. The zero-order valence-electron chi connectivity index (χ0n) is 9.39. The third kappa shape index (κ3) is 6.09. The van der Waals surface area contributed by atoms with E-state index in [9.17, 15) is 9.59 Å². The molecule has 17 heavy (non-hydrogen) atoms. The van der Waals surface area contributed by atoms with Crippen molar-refractivity contribution in [1.82, 2.24) is 5.32 Å². The topological polar surface area (TPSA) is 66.4 Å². The first-order valence-electron chi connectivity index (χ1n) is 5.27. The molecule has 0 saturated carbocycles. The summed E-state index contributed by atoms with van der Waals surface area (Å²) in [4.78, 5) is 22.7. The maximum absolute atomic E-state index is 11.5. The highest BCUT2D eigenvalue weighted by Gasteiger charge is 2.08. The van der Waals surface area contributed by atoms with Crippen LogP contribution in [0.2, 0.25) is 0 Å². The molecule has 1 aromatic carbocycles. The molecule has 2 N–H and O–H groups in total. The van der Waals surface area contributed by atoms with Crippen LogP contribution in [0.4, 0.5) is 0 Å². The minimum absolute atomic E-state index is 0.0376. The number of aliphatic hydroxyl groups is 1. The third-order valence-corrected chi connectivity index (χ3v) is 2.89.